The predicted molar refractivity (Wildman–Crippen MR) is 86.3 cm³/mol. The van der Waals surface area contributed by atoms with Crippen LogP contribution in [-0.2, 0) is 9.53 Å². The van der Waals surface area contributed by atoms with Crippen LogP contribution in [0.1, 0.15) is 42.5 Å². The summed E-state index contributed by atoms with van der Waals surface area (Å²) in [6, 6.07) is 6.50. The molecule has 1 amide bonds. The maximum atomic E-state index is 11.9. The summed E-state index contributed by atoms with van der Waals surface area (Å²) in [4.78, 5) is 23.8. The minimum absolute atomic E-state index is 0.208. The average molecular weight is 355 g/mol. The molecule has 1 fully saturated rings. The van der Waals surface area contributed by atoms with Gasteiger partial charge in [-0.3, -0.25) is 4.79 Å². The second kappa shape index (κ2) is 7.67. The SMILES string of the molecule is N#CC1(NC(=O)COC(=O)c2ccc(Cl)c(Cl)c2)CCCCC1. The Morgan fingerprint density at radius 2 is 1.91 bits per heavy atom. The quantitative estimate of drug-likeness (QED) is 0.839. The fourth-order valence-corrected chi connectivity index (χ4v) is 2.86. The largest absolute Gasteiger partial charge is 0.452 e. The van der Waals surface area contributed by atoms with Crippen molar-refractivity contribution in [2.24, 2.45) is 0 Å². The van der Waals surface area contributed by atoms with Gasteiger partial charge in [-0.25, -0.2) is 4.79 Å². The molecule has 1 aromatic rings. The third-order valence-electron chi connectivity index (χ3n) is 3.79. The van der Waals surface area contributed by atoms with Gasteiger partial charge in [0.25, 0.3) is 5.91 Å². The molecule has 1 saturated carbocycles. The molecule has 0 bridgehead atoms. The Balaban J connectivity index is 1.89. The van der Waals surface area contributed by atoms with Crippen molar-refractivity contribution < 1.29 is 14.3 Å². The Bertz CT molecular complexity index is 649. The van der Waals surface area contributed by atoms with E-state index in [-0.39, 0.29) is 10.6 Å². The van der Waals surface area contributed by atoms with Crippen molar-refractivity contribution in [3.05, 3.63) is 33.8 Å². The third-order valence-corrected chi connectivity index (χ3v) is 4.53. The van der Waals surface area contributed by atoms with Crippen molar-refractivity contribution in [3.63, 3.8) is 0 Å². The number of rotatable bonds is 4. The van der Waals surface area contributed by atoms with Crippen molar-refractivity contribution in [1.29, 1.82) is 5.26 Å². The third kappa shape index (κ3) is 4.60. The Morgan fingerprint density at radius 1 is 1.22 bits per heavy atom. The van der Waals surface area contributed by atoms with Crippen LogP contribution in [0.2, 0.25) is 10.0 Å². The van der Waals surface area contributed by atoms with Crippen molar-refractivity contribution in [1.82, 2.24) is 5.32 Å². The molecular weight excluding hydrogens is 339 g/mol. The minimum atomic E-state index is -0.842. The molecule has 122 valence electrons. The van der Waals surface area contributed by atoms with Crippen LogP contribution >= 0.6 is 23.2 Å². The predicted octanol–water partition coefficient (Wildman–Crippen LogP) is 3.49. The molecule has 0 aromatic heterocycles. The van der Waals surface area contributed by atoms with Gasteiger partial charge in [0.2, 0.25) is 0 Å². The standard InChI is InChI=1S/C16H16Cl2N2O3/c17-12-5-4-11(8-13(12)18)15(22)23-9-14(21)20-16(10-19)6-2-1-3-7-16/h4-5,8H,1-3,6-7,9H2,(H,20,21). The number of nitrogens with zero attached hydrogens (tertiary/aromatic N) is 1. The van der Waals surface area contributed by atoms with Crippen molar-refractivity contribution >= 4 is 35.1 Å². The van der Waals surface area contributed by atoms with Crippen LogP contribution < -0.4 is 5.32 Å². The van der Waals surface area contributed by atoms with Gasteiger partial charge in [-0.1, -0.05) is 42.5 Å². The van der Waals surface area contributed by atoms with Crippen LogP contribution in [0, 0.1) is 11.3 Å². The fourth-order valence-electron chi connectivity index (χ4n) is 2.56. The van der Waals surface area contributed by atoms with Crippen LogP contribution in [0.4, 0.5) is 0 Å². The normalized spacial score (nSPS) is 16.2. The Morgan fingerprint density at radius 3 is 2.52 bits per heavy atom. The lowest BCUT2D eigenvalue weighted by Crippen LogP contribution is -2.50. The number of amides is 1. The highest BCUT2D eigenvalue weighted by Gasteiger charge is 2.33. The van der Waals surface area contributed by atoms with E-state index in [1.165, 1.54) is 18.2 Å². The molecule has 0 radical (unpaired) electrons. The van der Waals surface area contributed by atoms with E-state index in [9.17, 15) is 14.9 Å². The second-order valence-electron chi connectivity index (χ2n) is 5.51. The summed E-state index contributed by atoms with van der Waals surface area (Å²) in [6.45, 7) is -0.442. The number of nitriles is 1. The van der Waals surface area contributed by atoms with E-state index in [0.717, 1.165) is 19.3 Å². The Labute approximate surface area is 144 Å². The van der Waals surface area contributed by atoms with Crippen LogP contribution in [0.3, 0.4) is 0 Å². The number of carbonyl (C=O) groups is 2. The number of halogens is 2. The Hall–Kier alpha value is -1.77. The van der Waals surface area contributed by atoms with Crippen molar-refractivity contribution in [3.8, 4) is 6.07 Å². The lowest BCUT2D eigenvalue weighted by atomic mass is 9.83. The summed E-state index contributed by atoms with van der Waals surface area (Å²) in [6.07, 6.45) is 4.10. The van der Waals surface area contributed by atoms with Crippen LogP contribution in [-0.4, -0.2) is 24.0 Å². The van der Waals surface area contributed by atoms with E-state index < -0.39 is 24.0 Å². The molecular formula is C16H16Cl2N2O3. The molecule has 2 rings (SSSR count). The van der Waals surface area contributed by atoms with Crippen molar-refractivity contribution in [2.75, 3.05) is 6.61 Å². The number of benzene rings is 1. The molecule has 1 aliphatic rings. The van der Waals surface area contributed by atoms with Gasteiger partial charge in [-0.15, -0.1) is 0 Å². The smallest absolute Gasteiger partial charge is 0.338 e. The van der Waals surface area contributed by atoms with E-state index in [2.05, 4.69) is 11.4 Å². The van der Waals surface area contributed by atoms with Crippen LogP contribution in [0.5, 0.6) is 0 Å². The number of ether oxygens (including phenoxy) is 1. The maximum Gasteiger partial charge on any atom is 0.338 e. The molecule has 5 nitrogen and oxygen atoms in total. The lowest BCUT2D eigenvalue weighted by Gasteiger charge is -2.31. The van der Waals surface area contributed by atoms with E-state index in [0.29, 0.717) is 17.9 Å². The summed E-state index contributed by atoms with van der Waals surface area (Å²) in [5.74, 6) is -1.16. The van der Waals surface area contributed by atoms with Gasteiger partial charge in [0.15, 0.2) is 6.61 Å². The molecule has 1 aromatic carbocycles. The number of nitrogens with one attached hydrogen (secondary N) is 1. The second-order valence-corrected chi connectivity index (χ2v) is 6.32. The highest BCUT2D eigenvalue weighted by atomic mass is 35.5. The zero-order valence-corrected chi connectivity index (χ0v) is 13.9. The fraction of sp³-hybridized carbons (Fsp3) is 0.438. The molecule has 1 N–H and O–H groups in total. The number of hydrogen-bond acceptors (Lipinski definition) is 4. The first-order valence-corrected chi connectivity index (χ1v) is 8.06. The summed E-state index contributed by atoms with van der Waals surface area (Å²) in [5, 5.41) is 12.5. The van der Waals surface area contributed by atoms with Gasteiger partial charge < -0.3 is 10.1 Å². The van der Waals surface area contributed by atoms with Gasteiger partial charge in [0, 0.05) is 0 Å². The van der Waals surface area contributed by atoms with E-state index in [1.54, 1.807) is 0 Å². The van der Waals surface area contributed by atoms with Crippen LogP contribution in [0.25, 0.3) is 0 Å². The van der Waals surface area contributed by atoms with Gasteiger partial charge in [0.1, 0.15) is 5.54 Å². The monoisotopic (exact) mass is 354 g/mol. The lowest BCUT2D eigenvalue weighted by molar-refractivity contribution is -0.125. The minimum Gasteiger partial charge on any atom is -0.452 e. The molecule has 7 heteroatoms. The first kappa shape index (κ1) is 17.6. The van der Waals surface area contributed by atoms with Gasteiger partial charge in [0.05, 0.1) is 21.7 Å². The topological polar surface area (TPSA) is 79.2 Å². The van der Waals surface area contributed by atoms with Gasteiger partial charge in [-0.2, -0.15) is 5.26 Å². The molecule has 0 unspecified atom stereocenters. The van der Waals surface area contributed by atoms with E-state index >= 15 is 0 Å². The van der Waals surface area contributed by atoms with Crippen molar-refractivity contribution in [2.45, 2.75) is 37.6 Å². The highest BCUT2D eigenvalue weighted by molar-refractivity contribution is 6.42. The summed E-state index contributed by atoms with van der Waals surface area (Å²) < 4.78 is 4.95. The van der Waals surface area contributed by atoms with E-state index in [1.807, 2.05) is 0 Å². The zero-order valence-electron chi connectivity index (χ0n) is 12.4. The molecule has 0 aliphatic heterocycles. The first-order valence-electron chi connectivity index (χ1n) is 7.30. The number of carbonyl (C=O) groups excluding carboxylic acids is 2. The number of hydrogen-bond donors (Lipinski definition) is 1. The first-order chi connectivity index (χ1) is 11.0. The zero-order chi connectivity index (χ0) is 16.9. The van der Waals surface area contributed by atoms with Crippen LogP contribution in [0.15, 0.2) is 18.2 Å². The average Bonchev–Trinajstić information content (AvgIpc) is 2.56. The molecule has 0 atom stereocenters. The summed E-state index contributed by atoms with van der Waals surface area (Å²) >= 11 is 11.6. The summed E-state index contributed by atoms with van der Waals surface area (Å²) in [5.41, 5.74) is -0.634. The highest BCUT2D eigenvalue weighted by Crippen LogP contribution is 2.27. The molecule has 0 spiro atoms. The van der Waals surface area contributed by atoms with E-state index in [4.69, 9.17) is 27.9 Å². The van der Waals surface area contributed by atoms with Gasteiger partial charge in [-0.05, 0) is 31.0 Å². The Kier molecular flexibility index (Phi) is 5.86. The molecule has 0 heterocycles. The molecule has 1 aliphatic carbocycles. The summed E-state index contributed by atoms with van der Waals surface area (Å²) in [7, 11) is 0. The van der Waals surface area contributed by atoms with Gasteiger partial charge >= 0.3 is 5.97 Å². The number of esters is 1. The molecule has 23 heavy (non-hydrogen) atoms. The maximum absolute atomic E-state index is 11.9. The molecule has 0 saturated heterocycles.